The Morgan fingerprint density at radius 1 is 0.914 bits per heavy atom. The molecule has 1 amide bonds. The van der Waals surface area contributed by atoms with Crippen LogP contribution in [0.3, 0.4) is 0 Å². The third-order valence-electron chi connectivity index (χ3n) is 5.15. The Labute approximate surface area is 207 Å². The lowest BCUT2D eigenvalue weighted by atomic mass is 10.00. The predicted molar refractivity (Wildman–Crippen MR) is 135 cm³/mol. The molecule has 0 radical (unpaired) electrons. The number of benzene rings is 2. The molecule has 0 aliphatic carbocycles. The Kier molecular flexibility index (Phi) is 8.58. The molecule has 2 aromatic carbocycles. The molecule has 0 aliphatic heterocycles. The second-order valence-electron chi connectivity index (χ2n) is 7.81. The highest BCUT2D eigenvalue weighted by Gasteiger charge is 2.17. The van der Waals surface area contributed by atoms with Gasteiger partial charge < -0.3 is 21.9 Å². The monoisotopic (exact) mass is 495 g/mol. The molecule has 11 heteroatoms. The summed E-state index contributed by atoms with van der Waals surface area (Å²) < 4.78 is 0. The van der Waals surface area contributed by atoms with Crippen LogP contribution in [0, 0.1) is 5.41 Å². The number of aliphatic carboxylic acids is 1. The number of nitrogen functional groups attached to an aromatic ring is 2. The minimum atomic E-state index is -0.845. The lowest BCUT2D eigenvalue weighted by Gasteiger charge is -2.10. The van der Waals surface area contributed by atoms with E-state index in [4.69, 9.17) is 33.6 Å². The number of rotatable bonds is 9. The van der Waals surface area contributed by atoms with Crippen molar-refractivity contribution in [3.8, 4) is 11.1 Å². The zero-order valence-corrected chi connectivity index (χ0v) is 19.6. The Morgan fingerprint density at radius 2 is 1.51 bits per heavy atom. The van der Waals surface area contributed by atoms with Crippen LogP contribution in [0.5, 0.6) is 0 Å². The zero-order chi connectivity index (χ0) is 25.4. The van der Waals surface area contributed by atoms with Gasteiger partial charge in [0.15, 0.2) is 28.4 Å². The normalized spacial score (nSPS) is 10.5. The van der Waals surface area contributed by atoms with E-state index in [0.29, 0.717) is 6.54 Å². The first-order chi connectivity index (χ1) is 16.7. The van der Waals surface area contributed by atoms with Crippen LogP contribution in [0.4, 0.5) is 11.6 Å². The quantitative estimate of drug-likeness (QED) is 0.149. The van der Waals surface area contributed by atoms with Crippen LogP contribution in [-0.2, 0) is 17.6 Å². The van der Waals surface area contributed by atoms with E-state index in [1.807, 2.05) is 36.4 Å². The van der Waals surface area contributed by atoms with Gasteiger partial charge in [-0.2, -0.15) is 0 Å². The van der Waals surface area contributed by atoms with E-state index in [2.05, 4.69) is 32.7 Å². The third-order valence-corrected chi connectivity index (χ3v) is 5.43. The number of guanidine groups is 1. The summed E-state index contributed by atoms with van der Waals surface area (Å²) in [6.45, 7) is 0.504. The van der Waals surface area contributed by atoms with Gasteiger partial charge >= 0.3 is 5.97 Å². The standard InChI is InChI=1S/C24H26ClN7O3/c25-20-22(27)31-21(26)19(30-20)23(35)32-24(28)29-12-2-1-3-14-4-8-16(9-5-14)17-10-6-15(7-11-17)13-18(33)34/h4-11H,1-3,12-13H2,(H,33,34)(H4,26,27,31)(H3,28,29,32,35). The molecule has 0 aliphatic rings. The summed E-state index contributed by atoms with van der Waals surface area (Å²) >= 11 is 5.77. The van der Waals surface area contributed by atoms with E-state index in [9.17, 15) is 9.59 Å². The second kappa shape index (κ2) is 11.8. The summed E-state index contributed by atoms with van der Waals surface area (Å²) in [6.07, 6.45) is 2.57. The van der Waals surface area contributed by atoms with Gasteiger partial charge in [-0.25, -0.2) is 9.97 Å². The summed E-state index contributed by atoms with van der Waals surface area (Å²) in [5.41, 5.74) is 15.0. The summed E-state index contributed by atoms with van der Waals surface area (Å²) in [5, 5.41) is 21.8. The van der Waals surface area contributed by atoms with Gasteiger partial charge in [0.2, 0.25) is 0 Å². The number of halogens is 1. The van der Waals surface area contributed by atoms with Crippen molar-refractivity contribution >= 4 is 41.1 Å². The first-order valence-electron chi connectivity index (χ1n) is 10.8. The maximum atomic E-state index is 12.2. The molecule has 35 heavy (non-hydrogen) atoms. The van der Waals surface area contributed by atoms with Gasteiger partial charge in [-0.1, -0.05) is 60.1 Å². The number of hydrogen-bond acceptors (Lipinski definition) is 7. The maximum Gasteiger partial charge on any atom is 0.307 e. The average molecular weight is 496 g/mol. The first kappa shape index (κ1) is 25.4. The van der Waals surface area contributed by atoms with E-state index in [1.54, 1.807) is 0 Å². The zero-order valence-electron chi connectivity index (χ0n) is 18.8. The van der Waals surface area contributed by atoms with Crippen molar-refractivity contribution in [2.45, 2.75) is 25.7 Å². The van der Waals surface area contributed by atoms with Crippen LogP contribution in [0.1, 0.15) is 34.5 Å². The Balaban J connectivity index is 1.39. The lowest BCUT2D eigenvalue weighted by Crippen LogP contribution is -2.41. The van der Waals surface area contributed by atoms with E-state index in [0.717, 1.165) is 36.0 Å². The van der Waals surface area contributed by atoms with E-state index in [-0.39, 0.29) is 34.9 Å². The highest BCUT2D eigenvalue weighted by Crippen LogP contribution is 2.21. The first-order valence-corrected chi connectivity index (χ1v) is 11.2. The molecule has 182 valence electrons. The van der Waals surface area contributed by atoms with Gasteiger partial charge in [0.1, 0.15) is 0 Å². The van der Waals surface area contributed by atoms with Crippen molar-refractivity contribution in [2.75, 3.05) is 18.0 Å². The van der Waals surface area contributed by atoms with Crippen LogP contribution in [0.25, 0.3) is 11.1 Å². The molecule has 1 heterocycles. The fourth-order valence-electron chi connectivity index (χ4n) is 3.35. The van der Waals surface area contributed by atoms with Crippen molar-refractivity contribution in [1.29, 1.82) is 5.41 Å². The lowest BCUT2D eigenvalue weighted by molar-refractivity contribution is -0.136. The van der Waals surface area contributed by atoms with Crippen molar-refractivity contribution in [3.63, 3.8) is 0 Å². The van der Waals surface area contributed by atoms with E-state index in [1.165, 1.54) is 5.56 Å². The predicted octanol–water partition coefficient (Wildman–Crippen LogP) is 2.87. The number of hydrogen-bond donors (Lipinski definition) is 6. The van der Waals surface area contributed by atoms with Crippen LogP contribution in [0.2, 0.25) is 5.15 Å². The number of carbonyl (C=O) groups excluding carboxylic acids is 1. The fourth-order valence-corrected chi connectivity index (χ4v) is 3.47. The highest BCUT2D eigenvalue weighted by molar-refractivity contribution is 6.31. The van der Waals surface area contributed by atoms with Gasteiger partial charge in [-0.3, -0.25) is 20.3 Å². The molecule has 0 spiro atoms. The average Bonchev–Trinajstić information content (AvgIpc) is 2.81. The molecule has 0 unspecified atom stereocenters. The van der Waals surface area contributed by atoms with Crippen LogP contribution in [-0.4, -0.2) is 39.5 Å². The Bertz CT molecular complexity index is 1220. The second-order valence-corrected chi connectivity index (χ2v) is 8.17. The third kappa shape index (κ3) is 7.41. The summed E-state index contributed by atoms with van der Waals surface area (Å²) in [5.74, 6) is -1.97. The van der Waals surface area contributed by atoms with Crippen molar-refractivity contribution in [2.24, 2.45) is 0 Å². The topological polar surface area (TPSA) is 180 Å². The Morgan fingerprint density at radius 3 is 2.11 bits per heavy atom. The molecular formula is C24H26ClN7O3. The van der Waals surface area contributed by atoms with Gasteiger partial charge in [0, 0.05) is 6.54 Å². The van der Waals surface area contributed by atoms with E-state index < -0.39 is 11.9 Å². The largest absolute Gasteiger partial charge is 0.481 e. The number of nitrogens with one attached hydrogen (secondary N) is 3. The molecule has 0 saturated carbocycles. The van der Waals surface area contributed by atoms with E-state index >= 15 is 0 Å². The molecular weight excluding hydrogens is 470 g/mol. The molecule has 1 aromatic heterocycles. The molecule has 3 aromatic rings. The molecule has 3 rings (SSSR count). The molecule has 10 nitrogen and oxygen atoms in total. The number of nitrogens with zero attached hydrogens (tertiary/aromatic N) is 2. The number of aromatic nitrogens is 2. The number of amides is 1. The van der Waals surface area contributed by atoms with Crippen molar-refractivity contribution in [1.82, 2.24) is 20.6 Å². The number of carboxylic acid groups (broad SMARTS) is 1. The smallest absolute Gasteiger partial charge is 0.307 e. The van der Waals surface area contributed by atoms with Gasteiger partial charge in [-0.05, 0) is 41.5 Å². The molecule has 0 fully saturated rings. The summed E-state index contributed by atoms with van der Waals surface area (Å²) in [7, 11) is 0. The number of carboxylic acids is 1. The molecule has 8 N–H and O–H groups in total. The van der Waals surface area contributed by atoms with Gasteiger partial charge in [-0.15, -0.1) is 0 Å². The minimum Gasteiger partial charge on any atom is -0.481 e. The summed E-state index contributed by atoms with van der Waals surface area (Å²) in [4.78, 5) is 30.6. The van der Waals surface area contributed by atoms with Crippen LogP contribution >= 0.6 is 11.6 Å². The number of unbranched alkanes of at least 4 members (excludes halogenated alkanes) is 1. The highest BCUT2D eigenvalue weighted by atomic mass is 35.5. The van der Waals surface area contributed by atoms with Crippen LogP contribution in [0.15, 0.2) is 48.5 Å². The molecule has 0 saturated heterocycles. The number of carbonyl (C=O) groups is 2. The minimum absolute atomic E-state index is 0.0146. The van der Waals surface area contributed by atoms with Crippen molar-refractivity contribution in [3.05, 3.63) is 70.5 Å². The number of anilines is 2. The van der Waals surface area contributed by atoms with Crippen molar-refractivity contribution < 1.29 is 14.7 Å². The maximum absolute atomic E-state index is 12.2. The Hall–Kier alpha value is -4.18. The van der Waals surface area contributed by atoms with Gasteiger partial charge in [0.05, 0.1) is 6.42 Å². The number of nitrogens with two attached hydrogens (primary N) is 2. The summed E-state index contributed by atoms with van der Waals surface area (Å²) in [6, 6.07) is 15.7. The SMILES string of the molecule is N=C(NCCCCc1ccc(-c2ccc(CC(=O)O)cc2)cc1)NC(=O)c1nc(Cl)c(N)nc1N. The molecule has 0 bridgehead atoms. The van der Waals surface area contributed by atoms with Crippen LogP contribution < -0.4 is 22.1 Å². The van der Waals surface area contributed by atoms with Gasteiger partial charge in [0.25, 0.3) is 5.91 Å². The number of aryl methyl sites for hydroxylation is 1. The molecule has 0 atom stereocenters. The fraction of sp³-hybridized carbons (Fsp3) is 0.208.